The molecular weight excluding hydrogens is 532 g/mol. The van der Waals surface area contributed by atoms with Crippen LogP contribution in [0.25, 0.3) is 87.3 Å². The normalized spacial score (nSPS) is 11.9. The third-order valence-electron chi connectivity index (χ3n) is 9.33. The summed E-state index contributed by atoms with van der Waals surface area (Å²) in [5, 5.41) is 12.3. The van der Waals surface area contributed by atoms with Gasteiger partial charge in [0.15, 0.2) is 0 Å². The summed E-state index contributed by atoms with van der Waals surface area (Å²) in [4.78, 5) is 0. The lowest BCUT2D eigenvalue weighted by Gasteiger charge is -2.13. The molecule has 0 aliphatic heterocycles. The van der Waals surface area contributed by atoms with Crippen LogP contribution in [0.2, 0.25) is 0 Å². The van der Waals surface area contributed by atoms with E-state index in [1.165, 1.54) is 76.2 Å². The number of para-hydroxylation sites is 3. The predicted octanol–water partition coefficient (Wildman–Crippen LogP) is 10.9. The lowest BCUT2D eigenvalue weighted by molar-refractivity contribution is 1.17. The smallest absolute Gasteiger partial charge is 0.0542 e. The molecule has 2 nitrogen and oxygen atoms in total. The van der Waals surface area contributed by atoms with E-state index in [0.717, 1.165) is 11.1 Å². The first kappa shape index (κ1) is 23.5. The summed E-state index contributed by atoms with van der Waals surface area (Å²) in [7, 11) is 0. The molecule has 0 saturated carbocycles. The average Bonchev–Trinajstić information content (AvgIpc) is 3.61. The Morgan fingerprint density at radius 1 is 0.341 bits per heavy atom. The molecule has 2 heterocycles. The number of benzene rings is 7. The molecule has 2 aromatic heterocycles. The van der Waals surface area contributed by atoms with Crippen molar-refractivity contribution in [3.63, 3.8) is 0 Å². The molecule has 202 valence electrons. The fourth-order valence-electron chi connectivity index (χ4n) is 7.47. The molecule has 0 aliphatic rings. The van der Waals surface area contributed by atoms with Gasteiger partial charge in [-0.25, -0.2) is 0 Å². The lowest BCUT2D eigenvalue weighted by atomic mass is 9.95. The van der Waals surface area contributed by atoms with Gasteiger partial charge in [0.05, 0.1) is 22.1 Å². The minimum atomic E-state index is 1.12. The number of fused-ring (bicyclic) bond motifs is 12. The molecule has 44 heavy (non-hydrogen) atoms. The second kappa shape index (κ2) is 8.74. The summed E-state index contributed by atoms with van der Waals surface area (Å²) in [5.41, 5.74) is 7.17. The molecule has 0 bridgehead atoms. The van der Waals surface area contributed by atoms with Crippen LogP contribution in [0.3, 0.4) is 0 Å². The summed E-state index contributed by atoms with van der Waals surface area (Å²) in [5.74, 6) is 0. The second-order valence-corrected chi connectivity index (χ2v) is 11.6. The summed E-state index contributed by atoms with van der Waals surface area (Å²) in [6.45, 7) is 0. The molecule has 0 unspecified atom stereocenters. The van der Waals surface area contributed by atoms with Crippen LogP contribution in [0, 0.1) is 12.1 Å². The van der Waals surface area contributed by atoms with Crippen LogP contribution >= 0.6 is 0 Å². The number of nitrogens with zero attached hydrogens (tertiary/aromatic N) is 2. The monoisotopic (exact) mass is 556 g/mol. The maximum Gasteiger partial charge on any atom is 0.0542 e. The van der Waals surface area contributed by atoms with Gasteiger partial charge in [-0.3, -0.25) is 0 Å². The predicted molar refractivity (Wildman–Crippen MR) is 185 cm³/mol. The fraction of sp³-hybridized carbons (Fsp3) is 0. The van der Waals surface area contributed by atoms with Gasteiger partial charge in [-0.15, -0.1) is 0 Å². The van der Waals surface area contributed by atoms with Crippen LogP contribution in [0.1, 0.15) is 0 Å². The van der Waals surface area contributed by atoms with Gasteiger partial charge < -0.3 is 9.13 Å². The Morgan fingerprint density at radius 2 is 0.795 bits per heavy atom. The maximum absolute atomic E-state index is 3.38. The average molecular weight is 557 g/mol. The zero-order chi connectivity index (χ0) is 28.8. The van der Waals surface area contributed by atoms with Crippen molar-refractivity contribution in [2.45, 2.75) is 0 Å². The zero-order valence-corrected chi connectivity index (χ0v) is 23.8. The molecule has 0 aliphatic carbocycles. The summed E-state index contributed by atoms with van der Waals surface area (Å²) < 4.78 is 4.82. The van der Waals surface area contributed by atoms with Gasteiger partial charge in [-0.1, -0.05) is 97.1 Å². The Kier molecular flexibility index (Phi) is 4.67. The van der Waals surface area contributed by atoms with Gasteiger partial charge in [0.25, 0.3) is 0 Å². The molecule has 0 spiro atoms. The third-order valence-corrected chi connectivity index (χ3v) is 9.33. The van der Waals surface area contributed by atoms with E-state index < -0.39 is 0 Å². The Bertz CT molecular complexity index is 2690. The van der Waals surface area contributed by atoms with Gasteiger partial charge in [0.2, 0.25) is 0 Å². The van der Waals surface area contributed by atoms with E-state index in [2.05, 4.69) is 161 Å². The minimum absolute atomic E-state index is 1.12. The summed E-state index contributed by atoms with van der Waals surface area (Å²) in [6.07, 6.45) is 0. The molecule has 0 saturated heterocycles. The van der Waals surface area contributed by atoms with Gasteiger partial charge in [-0.2, -0.15) is 0 Å². The molecule has 8 aromatic carbocycles. The van der Waals surface area contributed by atoms with Crippen molar-refractivity contribution < 1.29 is 0 Å². The van der Waals surface area contributed by atoms with Gasteiger partial charge >= 0.3 is 0 Å². The topological polar surface area (TPSA) is 9.86 Å². The Labute approximate surface area is 253 Å². The largest absolute Gasteiger partial charge is 0.309 e. The Morgan fingerprint density at radius 3 is 1.45 bits per heavy atom. The fourth-order valence-corrected chi connectivity index (χ4v) is 7.47. The van der Waals surface area contributed by atoms with E-state index in [0.29, 0.717) is 0 Å². The number of hydrogen-bond acceptors (Lipinski definition) is 0. The summed E-state index contributed by atoms with van der Waals surface area (Å²) >= 11 is 0. The molecule has 0 amide bonds. The van der Waals surface area contributed by atoms with Crippen molar-refractivity contribution in [3.8, 4) is 11.4 Å². The van der Waals surface area contributed by atoms with Gasteiger partial charge in [0.1, 0.15) is 0 Å². The first-order valence-electron chi connectivity index (χ1n) is 15.0. The quantitative estimate of drug-likeness (QED) is 0.187. The third kappa shape index (κ3) is 3.11. The molecule has 0 fully saturated rings. The van der Waals surface area contributed by atoms with E-state index in [1.807, 2.05) is 6.07 Å². The zero-order valence-electron chi connectivity index (χ0n) is 23.8. The first-order valence-corrected chi connectivity index (χ1v) is 15.0. The highest BCUT2D eigenvalue weighted by atomic mass is 15.0. The maximum atomic E-state index is 3.38. The van der Waals surface area contributed by atoms with Crippen molar-refractivity contribution in [1.29, 1.82) is 0 Å². The van der Waals surface area contributed by atoms with Crippen molar-refractivity contribution >= 4 is 75.9 Å². The van der Waals surface area contributed by atoms with Crippen LogP contribution < -0.4 is 0 Å². The first-order chi connectivity index (χ1) is 21.8. The van der Waals surface area contributed by atoms with E-state index in [1.54, 1.807) is 0 Å². The molecule has 10 aromatic rings. The minimum Gasteiger partial charge on any atom is -0.309 e. The molecule has 2 heteroatoms. The van der Waals surface area contributed by atoms with Crippen molar-refractivity contribution in [2.75, 3.05) is 0 Å². The Balaban J connectivity index is 1.27. The highest BCUT2D eigenvalue weighted by Crippen LogP contribution is 2.39. The molecular formula is C42H24N2. The van der Waals surface area contributed by atoms with Crippen molar-refractivity contribution in [1.82, 2.24) is 9.13 Å². The molecule has 0 N–H and O–H groups in total. The Hall–Kier alpha value is -6.04. The van der Waals surface area contributed by atoms with Crippen LogP contribution in [-0.4, -0.2) is 9.13 Å². The van der Waals surface area contributed by atoms with E-state index >= 15 is 0 Å². The van der Waals surface area contributed by atoms with E-state index in [9.17, 15) is 0 Å². The van der Waals surface area contributed by atoms with Gasteiger partial charge in [-0.05, 0) is 87.6 Å². The van der Waals surface area contributed by atoms with E-state index in [4.69, 9.17) is 0 Å². The molecule has 10 rings (SSSR count). The molecule has 0 radical (unpaired) electrons. The van der Waals surface area contributed by atoms with Crippen molar-refractivity contribution in [2.24, 2.45) is 0 Å². The standard InChI is InChI=1S/C42H24N2/c1-2-13-31-29(11-1)30-12-3-4-14-32(30)37-25-27(21-23-33(31)37)44-41-20-10-7-17-36(41)38-26-28(22-24-42(38)44)43-39-18-8-5-15-34(39)35-16-6-9-19-40(35)43/h2-10,12-26H. The van der Waals surface area contributed by atoms with Gasteiger partial charge in [0, 0.05) is 38.3 Å². The summed E-state index contributed by atoms with van der Waals surface area (Å²) in [6, 6.07) is 59.4. The highest BCUT2D eigenvalue weighted by Gasteiger charge is 2.17. The van der Waals surface area contributed by atoms with Crippen LogP contribution in [0.4, 0.5) is 0 Å². The number of aromatic nitrogens is 2. The number of rotatable bonds is 2. The SMILES string of the molecule is c1ccc2c(c#1)c1ccccc1c1cc(-n3c4ccccc4c4cc(-n5c6ccccc6c6ccccc65)ccc43)ccc21. The van der Waals surface area contributed by atoms with E-state index in [-0.39, 0.29) is 0 Å². The lowest BCUT2D eigenvalue weighted by Crippen LogP contribution is -1.96. The van der Waals surface area contributed by atoms with Crippen molar-refractivity contribution in [3.05, 3.63) is 158 Å². The second-order valence-electron chi connectivity index (χ2n) is 11.6. The highest BCUT2D eigenvalue weighted by molar-refractivity contribution is 6.25. The van der Waals surface area contributed by atoms with Crippen LogP contribution in [0.15, 0.2) is 146 Å². The van der Waals surface area contributed by atoms with Crippen LogP contribution in [-0.2, 0) is 0 Å². The number of hydrogen-bond donors (Lipinski definition) is 0. The van der Waals surface area contributed by atoms with Crippen LogP contribution in [0.5, 0.6) is 0 Å². The molecule has 0 atom stereocenters.